The number of halogens is 1. The number of likely N-dealkylation sites (tertiary alicyclic amines) is 1. The molecule has 4 nitrogen and oxygen atoms in total. The number of piperidine rings is 1. The molecule has 2 atom stereocenters. The van der Waals surface area contributed by atoms with Crippen LogP contribution in [0.1, 0.15) is 38.7 Å². The highest BCUT2D eigenvalue weighted by Crippen LogP contribution is 2.46. The number of para-hydroxylation sites is 1. The molecule has 21 heavy (non-hydrogen) atoms. The second kappa shape index (κ2) is 5.20. The number of benzene rings is 1. The van der Waals surface area contributed by atoms with Gasteiger partial charge in [0, 0.05) is 18.0 Å². The summed E-state index contributed by atoms with van der Waals surface area (Å²) in [7, 11) is 0. The molecule has 0 aliphatic carbocycles. The largest absolute Gasteiger partial charge is 0.486 e. The fraction of sp³-hybridized carbons (Fsp3) is 0.562. The Morgan fingerprint density at radius 3 is 2.90 bits per heavy atom. The molecule has 1 saturated heterocycles. The number of nitrogens with zero attached hydrogens (tertiary/aromatic N) is 1. The van der Waals surface area contributed by atoms with Crippen LogP contribution in [0.15, 0.2) is 22.7 Å². The quantitative estimate of drug-likeness (QED) is 0.709. The number of fused-ring (bicyclic) bond motifs is 3. The van der Waals surface area contributed by atoms with Crippen LogP contribution in [0.2, 0.25) is 0 Å². The van der Waals surface area contributed by atoms with Gasteiger partial charge >= 0.3 is 6.09 Å². The van der Waals surface area contributed by atoms with Gasteiger partial charge in [-0.1, -0.05) is 12.1 Å². The third kappa shape index (κ3) is 2.89. The van der Waals surface area contributed by atoms with E-state index < -0.39 is 5.60 Å². The van der Waals surface area contributed by atoms with Gasteiger partial charge in [0.25, 0.3) is 0 Å². The van der Waals surface area contributed by atoms with Crippen molar-refractivity contribution in [3.05, 3.63) is 28.2 Å². The van der Waals surface area contributed by atoms with Crippen molar-refractivity contribution in [2.45, 2.75) is 44.8 Å². The molecule has 2 aliphatic rings. The van der Waals surface area contributed by atoms with Crippen LogP contribution in [0.4, 0.5) is 4.79 Å². The Morgan fingerprint density at radius 2 is 2.19 bits per heavy atom. The van der Waals surface area contributed by atoms with Crippen molar-refractivity contribution >= 4 is 22.0 Å². The van der Waals surface area contributed by atoms with Crippen molar-refractivity contribution < 1.29 is 14.3 Å². The van der Waals surface area contributed by atoms with E-state index in [9.17, 15) is 4.79 Å². The van der Waals surface area contributed by atoms with Crippen molar-refractivity contribution in [1.29, 1.82) is 0 Å². The van der Waals surface area contributed by atoms with E-state index in [-0.39, 0.29) is 12.2 Å². The van der Waals surface area contributed by atoms with Gasteiger partial charge < -0.3 is 14.4 Å². The Labute approximate surface area is 133 Å². The number of ether oxygens (including phenoxy) is 2. The topological polar surface area (TPSA) is 38.8 Å². The first-order valence-corrected chi connectivity index (χ1v) is 8.07. The van der Waals surface area contributed by atoms with E-state index in [0.29, 0.717) is 19.0 Å². The second-order valence-corrected chi connectivity index (χ2v) is 7.49. The minimum atomic E-state index is -0.462. The van der Waals surface area contributed by atoms with Gasteiger partial charge in [-0.3, -0.25) is 0 Å². The highest BCUT2D eigenvalue weighted by molar-refractivity contribution is 9.10. The Morgan fingerprint density at radius 1 is 1.43 bits per heavy atom. The van der Waals surface area contributed by atoms with E-state index in [1.54, 1.807) is 4.90 Å². The molecular formula is C16H20BrNO3. The maximum Gasteiger partial charge on any atom is 0.410 e. The van der Waals surface area contributed by atoms with E-state index in [4.69, 9.17) is 9.47 Å². The van der Waals surface area contributed by atoms with Gasteiger partial charge in [0.1, 0.15) is 17.5 Å². The van der Waals surface area contributed by atoms with Crippen LogP contribution < -0.4 is 4.74 Å². The zero-order valence-electron chi connectivity index (χ0n) is 12.6. The fourth-order valence-corrected chi connectivity index (χ4v) is 3.45. The highest BCUT2D eigenvalue weighted by Gasteiger charge is 2.41. The molecule has 2 heterocycles. The molecule has 1 amide bonds. The number of carbonyl (C=O) groups excluding carboxylic acids is 1. The molecule has 2 unspecified atom stereocenters. The molecule has 0 bridgehead atoms. The lowest BCUT2D eigenvalue weighted by atomic mass is 9.89. The monoisotopic (exact) mass is 353 g/mol. The maximum absolute atomic E-state index is 12.2. The number of amides is 1. The van der Waals surface area contributed by atoms with E-state index in [2.05, 4.69) is 22.0 Å². The molecule has 0 N–H and O–H groups in total. The van der Waals surface area contributed by atoms with Crippen LogP contribution in [0, 0.1) is 0 Å². The maximum atomic E-state index is 12.2. The Kier molecular flexibility index (Phi) is 3.64. The minimum Gasteiger partial charge on any atom is -0.486 e. The Bertz CT molecular complexity index is 567. The van der Waals surface area contributed by atoms with Crippen LogP contribution in [-0.4, -0.2) is 35.8 Å². The number of carbonyl (C=O) groups is 1. The molecule has 2 aliphatic heterocycles. The zero-order chi connectivity index (χ0) is 15.2. The first-order chi connectivity index (χ1) is 9.85. The van der Waals surface area contributed by atoms with Crippen LogP contribution >= 0.6 is 15.9 Å². The standard InChI is InChI=1S/C16H20BrNO3/c1-16(2,3)21-15(19)18-8-7-10-11-5-4-6-12(17)14(11)20-13(10)9-18/h4-6,10,13H,7-9H2,1-3H3. The van der Waals surface area contributed by atoms with Crippen molar-refractivity contribution in [3.8, 4) is 5.75 Å². The van der Waals surface area contributed by atoms with Gasteiger partial charge in [0.2, 0.25) is 0 Å². The van der Waals surface area contributed by atoms with E-state index in [0.717, 1.165) is 16.6 Å². The minimum absolute atomic E-state index is 0.0277. The van der Waals surface area contributed by atoms with Crippen LogP contribution in [0.3, 0.4) is 0 Å². The van der Waals surface area contributed by atoms with Gasteiger partial charge in [-0.15, -0.1) is 0 Å². The average molecular weight is 354 g/mol. The van der Waals surface area contributed by atoms with Crippen molar-refractivity contribution in [3.63, 3.8) is 0 Å². The van der Waals surface area contributed by atoms with Gasteiger partial charge in [0.15, 0.2) is 0 Å². The molecular weight excluding hydrogens is 334 g/mol. The summed E-state index contributed by atoms with van der Waals surface area (Å²) in [4.78, 5) is 13.9. The second-order valence-electron chi connectivity index (χ2n) is 6.64. The first-order valence-electron chi connectivity index (χ1n) is 7.28. The molecule has 1 aromatic carbocycles. The summed E-state index contributed by atoms with van der Waals surface area (Å²) in [5, 5.41) is 0. The van der Waals surface area contributed by atoms with Crippen molar-refractivity contribution in [1.82, 2.24) is 4.90 Å². The van der Waals surface area contributed by atoms with E-state index in [1.807, 2.05) is 32.9 Å². The molecule has 114 valence electrons. The van der Waals surface area contributed by atoms with Crippen LogP contribution in [-0.2, 0) is 4.74 Å². The zero-order valence-corrected chi connectivity index (χ0v) is 14.1. The van der Waals surface area contributed by atoms with Gasteiger partial charge in [0.05, 0.1) is 11.0 Å². The summed E-state index contributed by atoms with van der Waals surface area (Å²) in [5.41, 5.74) is 0.786. The molecule has 1 aromatic rings. The predicted octanol–water partition coefficient (Wildman–Crippen LogP) is 3.93. The van der Waals surface area contributed by atoms with Gasteiger partial charge in [-0.25, -0.2) is 4.79 Å². The van der Waals surface area contributed by atoms with Crippen LogP contribution in [0.5, 0.6) is 5.75 Å². The highest BCUT2D eigenvalue weighted by atomic mass is 79.9. The summed E-state index contributed by atoms with van der Waals surface area (Å²) in [5.74, 6) is 1.30. The summed E-state index contributed by atoms with van der Waals surface area (Å²) < 4.78 is 12.5. The normalized spacial score (nSPS) is 24.1. The summed E-state index contributed by atoms with van der Waals surface area (Å²) in [6.45, 7) is 6.95. The van der Waals surface area contributed by atoms with E-state index in [1.165, 1.54) is 5.56 Å². The van der Waals surface area contributed by atoms with Crippen molar-refractivity contribution in [2.75, 3.05) is 13.1 Å². The smallest absolute Gasteiger partial charge is 0.410 e. The number of hydrogen-bond donors (Lipinski definition) is 0. The molecule has 5 heteroatoms. The lowest BCUT2D eigenvalue weighted by Gasteiger charge is -2.35. The van der Waals surface area contributed by atoms with Gasteiger partial charge in [-0.05, 0) is 49.2 Å². The Hall–Kier alpha value is -1.23. The summed E-state index contributed by atoms with van der Waals surface area (Å²) >= 11 is 3.53. The third-order valence-corrected chi connectivity index (χ3v) is 4.50. The predicted molar refractivity (Wildman–Crippen MR) is 83.7 cm³/mol. The van der Waals surface area contributed by atoms with Gasteiger partial charge in [-0.2, -0.15) is 0 Å². The molecule has 0 aromatic heterocycles. The first kappa shape index (κ1) is 14.7. The molecule has 0 radical (unpaired) electrons. The SMILES string of the molecule is CC(C)(C)OC(=O)N1CCC2c3cccc(Br)c3OC2C1. The molecule has 0 saturated carbocycles. The Balaban J connectivity index is 1.72. The van der Waals surface area contributed by atoms with Crippen LogP contribution in [0.25, 0.3) is 0 Å². The number of hydrogen-bond acceptors (Lipinski definition) is 3. The molecule has 1 fully saturated rings. The van der Waals surface area contributed by atoms with Crippen molar-refractivity contribution in [2.24, 2.45) is 0 Å². The molecule has 3 rings (SSSR count). The fourth-order valence-electron chi connectivity index (χ4n) is 2.98. The average Bonchev–Trinajstić information content (AvgIpc) is 2.76. The number of rotatable bonds is 0. The lowest BCUT2D eigenvalue weighted by Crippen LogP contribution is -2.47. The third-order valence-electron chi connectivity index (χ3n) is 3.88. The van der Waals surface area contributed by atoms with E-state index >= 15 is 0 Å². The summed E-state index contributed by atoms with van der Waals surface area (Å²) in [6, 6.07) is 6.14. The summed E-state index contributed by atoms with van der Waals surface area (Å²) in [6.07, 6.45) is 0.687. The molecule has 0 spiro atoms. The lowest BCUT2D eigenvalue weighted by molar-refractivity contribution is 0.00785.